The lowest BCUT2D eigenvalue weighted by atomic mass is 10.1. The molecule has 16 heavy (non-hydrogen) atoms. The van der Waals surface area contributed by atoms with E-state index >= 15 is 0 Å². The number of nitrogens with one attached hydrogen (secondary N) is 1. The minimum absolute atomic E-state index is 0.172. The van der Waals surface area contributed by atoms with E-state index in [1.165, 1.54) is 11.3 Å². The molecule has 0 aliphatic heterocycles. The van der Waals surface area contributed by atoms with Crippen molar-refractivity contribution < 1.29 is 5.11 Å². The molecule has 0 amide bonds. The number of para-hydroxylation sites is 1. The maximum atomic E-state index is 9.81. The van der Waals surface area contributed by atoms with E-state index < -0.39 is 0 Å². The first-order valence-electron chi connectivity index (χ1n) is 6.33. The van der Waals surface area contributed by atoms with E-state index in [9.17, 15) is 5.11 Å². The molecule has 1 aliphatic carbocycles. The fourth-order valence-electron chi connectivity index (χ4n) is 2.46. The molecular weight excluding hydrogens is 198 g/mol. The monoisotopic (exact) mass is 219 g/mol. The Morgan fingerprint density at radius 1 is 1.31 bits per heavy atom. The molecule has 0 unspecified atom stereocenters. The number of aliphatic hydroxyl groups excluding tert-OH is 1. The molecule has 1 aliphatic rings. The van der Waals surface area contributed by atoms with Crippen LogP contribution < -0.4 is 5.32 Å². The Bertz CT molecular complexity index is 337. The topological polar surface area (TPSA) is 32.3 Å². The van der Waals surface area contributed by atoms with Crippen LogP contribution in [0.15, 0.2) is 24.3 Å². The molecule has 1 saturated carbocycles. The van der Waals surface area contributed by atoms with Crippen LogP contribution in [-0.4, -0.2) is 17.3 Å². The molecule has 1 aromatic carbocycles. The van der Waals surface area contributed by atoms with Crippen LogP contribution in [0.5, 0.6) is 0 Å². The smallest absolute Gasteiger partial charge is 0.0741 e. The van der Waals surface area contributed by atoms with Gasteiger partial charge in [0.05, 0.1) is 12.1 Å². The van der Waals surface area contributed by atoms with E-state index in [1.807, 2.05) is 0 Å². The molecule has 2 N–H and O–H groups in total. The summed E-state index contributed by atoms with van der Waals surface area (Å²) < 4.78 is 0. The van der Waals surface area contributed by atoms with Crippen molar-refractivity contribution in [2.45, 2.75) is 51.2 Å². The highest BCUT2D eigenvalue weighted by Crippen LogP contribution is 2.25. The standard InChI is InChI=1S/C14H21NO/c1-2-6-11-7-3-4-8-12(11)15-13-9-5-10-14(13)16/h3-4,7-8,13-16H,2,5-6,9-10H2,1H3/t13-,14-/m0/s1. The molecule has 88 valence electrons. The molecule has 2 heteroatoms. The van der Waals surface area contributed by atoms with Gasteiger partial charge in [-0.1, -0.05) is 31.5 Å². The van der Waals surface area contributed by atoms with Crippen LogP contribution in [-0.2, 0) is 6.42 Å². The third-order valence-electron chi connectivity index (χ3n) is 3.36. The second kappa shape index (κ2) is 5.35. The van der Waals surface area contributed by atoms with Gasteiger partial charge in [-0.2, -0.15) is 0 Å². The predicted octanol–water partition coefficient (Wildman–Crippen LogP) is 2.96. The normalized spacial score (nSPS) is 24.6. The quantitative estimate of drug-likeness (QED) is 0.816. The van der Waals surface area contributed by atoms with Crippen LogP contribution in [0.1, 0.15) is 38.2 Å². The van der Waals surface area contributed by atoms with E-state index in [1.54, 1.807) is 0 Å². The molecule has 0 bridgehead atoms. The Hall–Kier alpha value is -1.02. The second-order valence-corrected chi connectivity index (χ2v) is 4.66. The molecular formula is C14H21NO. The van der Waals surface area contributed by atoms with Crippen molar-refractivity contribution >= 4 is 5.69 Å². The number of anilines is 1. The minimum Gasteiger partial charge on any atom is -0.391 e. The van der Waals surface area contributed by atoms with Crippen LogP contribution in [0, 0.1) is 0 Å². The minimum atomic E-state index is -0.172. The summed E-state index contributed by atoms with van der Waals surface area (Å²) in [5, 5.41) is 13.3. The summed E-state index contributed by atoms with van der Waals surface area (Å²) in [5.41, 5.74) is 2.57. The van der Waals surface area contributed by atoms with Gasteiger partial charge >= 0.3 is 0 Å². The van der Waals surface area contributed by atoms with E-state index in [2.05, 4.69) is 36.5 Å². The van der Waals surface area contributed by atoms with Gasteiger partial charge < -0.3 is 10.4 Å². The van der Waals surface area contributed by atoms with Gasteiger partial charge in [0.2, 0.25) is 0 Å². The van der Waals surface area contributed by atoms with Gasteiger partial charge in [-0.15, -0.1) is 0 Å². The first kappa shape index (κ1) is 11.5. The van der Waals surface area contributed by atoms with Crippen molar-refractivity contribution in [1.82, 2.24) is 0 Å². The zero-order valence-electron chi connectivity index (χ0n) is 9.95. The molecule has 0 heterocycles. The molecule has 1 aromatic rings. The van der Waals surface area contributed by atoms with Crippen LogP contribution in [0.2, 0.25) is 0 Å². The van der Waals surface area contributed by atoms with E-state index in [4.69, 9.17) is 0 Å². The molecule has 2 rings (SSSR count). The Morgan fingerprint density at radius 3 is 2.81 bits per heavy atom. The highest BCUT2D eigenvalue weighted by atomic mass is 16.3. The van der Waals surface area contributed by atoms with Crippen LogP contribution in [0.3, 0.4) is 0 Å². The van der Waals surface area contributed by atoms with Gasteiger partial charge in [0, 0.05) is 5.69 Å². The molecule has 0 spiro atoms. The average Bonchev–Trinajstić information content (AvgIpc) is 2.68. The lowest BCUT2D eigenvalue weighted by Crippen LogP contribution is -2.28. The summed E-state index contributed by atoms with van der Waals surface area (Å²) in [6.45, 7) is 2.20. The van der Waals surface area contributed by atoms with E-state index in [0.29, 0.717) is 0 Å². The zero-order chi connectivity index (χ0) is 11.4. The SMILES string of the molecule is CCCc1ccccc1N[C@H]1CCC[C@@H]1O. The lowest BCUT2D eigenvalue weighted by molar-refractivity contribution is 0.172. The molecule has 0 radical (unpaired) electrons. The fraction of sp³-hybridized carbons (Fsp3) is 0.571. The zero-order valence-corrected chi connectivity index (χ0v) is 9.95. The summed E-state index contributed by atoms with van der Waals surface area (Å²) in [7, 11) is 0. The van der Waals surface area contributed by atoms with Gasteiger partial charge in [-0.25, -0.2) is 0 Å². The van der Waals surface area contributed by atoms with E-state index in [-0.39, 0.29) is 12.1 Å². The lowest BCUT2D eigenvalue weighted by Gasteiger charge is -2.20. The number of rotatable bonds is 4. The number of aryl methyl sites for hydroxylation is 1. The maximum absolute atomic E-state index is 9.81. The van der Waals surface area contributed by atoms with Crippen molar-refractivity contribution in [2.75, 3.05) is 5.32 Å². The first-order valence-corrected chi connectivity index (χ1v) is 6.33. The summed E-state index contributed by atoms with van der Waals surface area (Å²) >= 11 is 0. The van der Waals surface area contributed by atoms with Gasteiger partial charge in [-0.3, -0.25) is 0 Å². The van der Waals surface area contributed by atoms with Crippen molar-refractivity contribution in [1.29, 1.82) is 0 Å². The Morgan fingerprint density at radius 2 is 2.12 bits per heavy atom. The summed E-state index contributed by atoms with van der Waals surface area (Å²) in [6.07, 6.45) is 5.25. The predicted molar refractivity (Wildman–Crippen MR) is 67.7 cm³/mol. The molecule has 1 fully saturated rings. The van der Waals surface area contributed by atoms with Crippen LogP contribution in [0.25, 0.3) is 0 Å². The highest BCUT2D eigenvalue weighted by Gasteiger charge is 2.25. The summed E-state index contributed by atoms with van der Waals surface area (Å²) in [6, 6.07) is 8.69. The van der Waals surface area contributed by atoms with Crippen LogP contribution >= 0.6 is 0 Å². The number of hydrogen-bond donors (Lipinski definition) is 2. The van der Waals surface area contributed by atoms with Crippen LogP contribution in [0.4, 0.5) is 5.69 Å². The van der Waals surface area contributed by atoms with Crippen molar-refractivity contribution in [3.63, 3.8) is 0 Å². The number of hydrogen-bond acceptors (Lipinski definition) is 2. The van der Waals surface area contributed by atoms with E-state index in [0.717, 1.165) is 32.1 Å². The molecule has 2 atom stereocenters. The summed E-state index contributed by atoms with van der Waals surface area (Å²) in [4.78, 5) is 0. The van der Waals surface area contributed by atoms with Crippen molar-refractivity contribution in [3.8, 4) is 0 Å². The first-order chi connectivity index (χ1) is 7.81. The average molecular weight is 219 g/mol. The largest absolute Gasteiger partial charge is 0.391 e. The van der Waals surface area contributed by atoms with Crippen molar-refractivity contribution in [2.24, 2.45) is 0 Å². The van der Waals surface area contributed by atoms with Gasteiger partial charge in [0.25, 0.3) is 0 Å². The van der Waals surface area contributed by atoms with Crippen molar-refractivity contribution in [3.05, 3.63) is 29.8 Å². The third kappa shape index (κ3) is 2.56. The third-order valence-corrected chi connectivity index (χ3v) is 3.36. The number of benzene rings is 1. The molecule has 0 saturated heterocycles. The van der Waals surface area contributed by atoms with Gasteiger partial charge in [0.1, 0.15) is 0 Å². The molecule has 0 aromatic heterocycles. The fourth-order valence-corrected chi connectivity index (χ4v) is 2.46. The highest BCUT2D eigenvalue weighted by molar-refractivity contribution is 5.52. The number of aliphatic hydroxyl groups is 1. The Kier molecular flexibility index (Phi) is 3.83. The summed E-state index contributed by atoms with van der Waals surface area (Å²) in [5.74, 6) is 0. The molecule has 2 nitrogen and oxygen atoms in total. The Labute approximate surface area is 97.7 Å². The van der Waals surface area contributed by atoms with Gasteiger partial charge in [0.15, 0.2) is 0 Å². The van der Waals surface area contributed by atoms with Gasteiger partial charge in [-0.05, 0) is 37.3 Å². The second-order valence-electron chi connectivity index (χ2n) is 4.66. The Balaban J connectivity index is 2.07. The maximum Gasteiger partial charge on any atom is 0.0741 e.